The van der Waals surface area contributed by atoms with Gasteiger partial charge in [0.15, 0.2) is 5.78 Å². The minimum atomic E-state index is -1.04. The lowest BCUT2D eigenvalue weighted by Crippen LogP contribution is -2.58. The van der Waals surface area contributed by atoms with Crippen LogP contribution in [0.5, 0.6) is 0 Å². The second kappa shape index (κ2) is 6.06. The topological polar surface area (TPSA) is 57.5 Å². The number of halogens is 1. The Morgan fingerprint density at radius 3 is 2.85 bits per heavy atom. The molecule has 7 atom stereocenters. The molecule has 4 rings (SSSR count). The fourth-order valence-electron chi connectivity index (χ4n) is 6.52. The second-order valence-corrected chi connectivity index (χ2v) is 9.64. The molecule has 0 aromatic rings. The molecule has 140 valence electrons. The van der Waals surface area contributed by atoms with Gasteiger partial charge in [0.1, 0.15) is 5.60 Å². The molecule has 0 unspecified atom stereocenters. The Balaban J connectivity index is 1.77. The Morgan fingerprint density at radius 2 is 2.12 bits per heavy atom. The van der Waals surface area contributed by atoms with Crippen LogP contribution in [-0.4, -0.2) is 33.0 Å². The summed E-state index contributed by atoms with van der Waals surface area (Å²) in [5.74, 6) is 6.93. The highest BCUT2D eigenvalue weighted by atomic mass is 79.9. The molecule has 2 fully saturated rings. The van der Waals surface area contributed by atoms with Crippen molar-refractivity contribution in [3.8, 4) is 11.8 Å². The molecule has 3 nitrogen and oxygen atoms in total. The molecule has 2 N–H and O–H groups in total. The molecule has 4 aliphatic rings. The number of hydrogen-bond acceptors (Lipinski definition) is 3. The molecule has 0 heterocycles. The van der Waals surface area contributed by atoms with Crippen molar-refractivity contribution < 1.29 is 15.0 Å². The summed E-state index contributed by atoms with van der Waals surface area (Å²) in [5, 5.41) is 23.1. The summed E-state index contributed by atoms with van der Waals surface area (Å²) in [5.41, 5.74) is -0.527. The standard InChI is InChI=1S/C22H27BrO3/c1-20-9-6-15(24)12-14(20)4-5-16-17-7-10-22(26,8-3-11-23)21(17,2)13-18(25)19(16)20/h4-5,12,16-19,25-26H,6-7,9-11,13H2,1-2H3/t16-,17-,18-,19+,20-,21-,22-/m0/s1. The van der Waals surface area contributed by atoms with E-state index in [0.29, 0.717) is 30.5 Å². The van der Waals surface area contributed by atoms with E-state index in [1.807, 2.05) is 0 Å². The van der Waals surface area contributed by atoms with E-state index in [-0.39, 0.29) is 23.0 Å². The third-order valence-electron chi connectivity index (χ3n) is 7.97. The zero-order chi connectivity index (χ0) is 18.7. The largest absolute Gasteiger partial charge is 0.393 e. The maximum Gasteiger partial charge on any atom is 0.156 e. The number of aliphatic hydroxyl groups excluding tert-OH is 1. The lowest BCUT2D eigenvalue weighted by Gasteiger charge is -2.58. The van der Waals surface area contributed by atoms with Crippen molar-refractivity contribution in [1.29, 1.82) is 0 Å². The first-order chi connectivity index (χ1) is 12.2. The molecular weight excluding hydrogens is 392 g/mol. The Hall–Kier alpha value is -0.890. The lowest BCUT2D eigenvalue weighted by molar-refractivity contribution is -0.138. The van der Waals surface area contributed by atoms with E-state index < -0.39 is 17.1 Å². The van der Waals surface area contributed by atoms with Crippen LogP contribution in [-0.2, 0) is 4.79 Å². The molecule has 0 radical (unpaired) electrons. The maximum atomic E-state index is 11.9. The van der Waals surface area contributed by atoms with Gasteiger partial charge in [0.05, 0.1) is 11.4 Å². The molecule has 0 spiro atoms. The van der Waals surface area contributed by atoms with E-state index >= 15 is 0 Å². The van der Waals surface area contributed by atoms with Crippen LogP contribution in [0.1, 0.15) is 46.0 Å². The Bertz CT molecular complexity index is 759. The van der Waals surface area contributed by atoms with E-state index in [1.54, 1.807) is 6.08 Å². The highest BCUT2D eigenvalue weighted by molar-refractivity contribution is 9.09. The first kappa shape index (κ1) is 18.5. The SMILES string of the molecule is C[C@]12CCC(=O)C=C1C=C[C@@H]1[C@@H]2[C@@H](O)C[C@@]2(C)[C@H]1CC[C@@]2(O)C#CCBr. The number of fused-ring (bicyclic) bond motifs is 5. The number of alkyl halides is 1. The van der Waals surface area contributed by atoms with Gasteiger partial charge in [-0.05, 0) is 54.6 Å². The summed E-state index contributed by atoms with van der Waals surface area (Å²) in [4.78, 5) is 11.9. The Labute approximate surface area is 164 Å². The van der Waals surface area contributed by atoms with E-state index in [1.165, 1.54) is 0 Å². The Morgan fingerprint density at radius 1 is 1.35 bits per heavy atom. The molecule has 2 saturated carbocycles. The Kier molecular flexibility index (Phi) is 4.30. The molecule has 0 saturated heterocycles. The lowest BCUT2D eigenvalue weighted by atomic mass is 9.47. The van der Waals surface area contributed by atoms with Gasteiger partial charge in [0.25, 0.3) is 0 Å². The fourth-order valence-corrected chi connectivity index (χ4v) is 6.66. The van der Waals surface area contributed by atoms with Crippen LogP contribution in [0.25, 0.3) is 0 Å². The first-order valence-electron chi connectivity index (χ1n) is 9.65. The van der Waals surface area contributed by atoms with Crippen LogP contribution in [0, 0.1) is 40.4 Å². The summed E-state index contributed by atoms with van der Waals surface area (Å²) in [6, 6.07) is 0. The van der Waals surface area contributed by atoms with Crippen LogP contribution >= 0.6 is 15.9 Å². The van der Waals surface area contributed by atoms with Gasteiger partial charge in [0, 0.05) is 17.8 Å². The predicted molar refractivity (Wildman–Crippen MR) is 105 cm³/mol. The van der Waals surface area contributed by atoms with Gasteiger partial charge in [-0.2, -0.15) is 0 Å². The van der Waals surface area contributed by atoms with Crippen LogP contribution < -0.4 is 0 Å². The van der Waals surface area contributed by atoms with Crippen molar-refractivity contribution in [3.63, 3.8) is 0 Å². The number of carbonyl (C=O) groups excluding carboxylic acids is 1. The number of carbonyl (C=O) groups is 1. The number of allylic oxidation sites excluding steroid dienone is 4. The number of aliphatic hydroxyl groups is 2. The van der Waals surface area contributed by atoms with E-state index in [0.717, 1.165) is 18.4 Å². The molecule has 0 aromatic heterocycles. The van der Waals surface area contributed by atoms with Gasteiger partial charge in [-0.3, -0.25) is 4.79 Å². The van der Waals surface area contributed by atoms with E-state index in [9.17, 15) is 15.0 Å². The van der Waals surface area contributed by atoms with Crippen LogP contribution in [0.15, 0.2) is 23.8 Å². The van der Waals surface area contributed by atoms with Gasteiger partial charge in [0.2, 0.25) is 0 Å². The minimum absolute atomic E-state index is 0.108. The van der Waals surface area contributed by atoms with Crippen molar-refractivity contribution in [2.75, 3.05) is 5.33 Å². The molecule has 4 heteroatoms. The smallest absolute Gasteiger partial charge is 0.156 e. The van der Waals surface area contributed by atoms with Crippen LogP contribution in [0.2, 0.25) is 0 Å². The van der Waals surface area contributed by atoms with Crippen molar-refractivity contribution in [1.82, 2.24) is 0 Å². The quantitative estimate of drug-likeness (QED) is 0.468. The summed E-state index contributed by atoms with van der Waals surface area (Å²) < 4.78 is 0. The molecule has 0 aromatic carbocycles. The number of hydrogen-bond donors (Lipinski definition) is 2. The first-order valence-corrected chi connectivity index (χ1v) is 10.8. The number of rotatable bonds is 0. The van der Waals surface area contributed by atoms with Crippen molar-refractivity contribution in [2.45, 2.75) is 57.7 Å². The van der Waals surface area contributed by atoms with Gasteiger partial charge < -0.3 is 10.2 Å². The van der Waals surface area contributed by atoms with E-state index in [4.69, 9.17) is 0 Å². The molecule has 4 aliphatic carbocycles. The van der Waals surface area contributed by atoms with Crippen molar-refractivity contribution in [3.05, 3.63) is 23.8 Å². The zero-order valence-electron chi connectivity index (χ0n) is 15.5. The van der Waals surface area contributed by atoms with Crippen molar-refractivity contribution in [2.24, 2.45) is 28.6 Å². The summed E-state index contributed by atoms with van der Waals surface area (Å²) in [6.07, 6.45) is 9.11. The molecule has 0 bridgehead atoms. The molecule has 26 heavy (non-hydrogen) atoms. The highest BCUT2D eigenvalue weighted by Gasteiger charge is 2.65. The fraction of sp³-hybridized carbons (Fsp3) is 0.682. The zero-order valence-corrected chi connectivity index (χ0v) is 17.1. The second-order valence-electron chi connectivity index (χ2n) is 9.08. The third-order valence-corrected chi connectivity index (χ3v) is 8.25. The van der Waals surface area contributed by atoms with Crippen LogP contribution in [0.3, 0.4) is 0 Å². The van der Waals surface area contributed by atoms with Gasteiger partial charge >= 0.3 is 0 Å². The third kappa shape index (κ3) is 2.37. The summed E-state index contributed by atoms with van der Waals surface area (Å²) in [6.45, 7) is 4.32. The van der Waals surface area contributed by atoms with Gasteiger partial charge in [-0.15, -0.1) is 0 Å². The highest BCUT2D eigenvalue weighted by Crippen LogP contribution is 2.66. The normalized spacial score (nSPS) is 49.4. The van der Waals surface area contributed by atoms with Gasteiger partial charge in [-0.25, -0.2) is 0 Å². The van der Waals surface area contributed by atoms with Crippen molar-refractivity contribution >= 4 is 21.7 Å². The van der Waals surface area contributed by atoms with Crippen LogP contribution in [0.4, 0.5) is 0 Å². The monoisotopic (exact) mass is 418 g/mol. The number of ketones is 1. The summed E-state index contributed by atoms with van der Waals surface area (Å²) in [7, 11) is 0. The molecule has 0 amide bonds. The van der Waals surface area contributed by atoms with Gasteiger partial charge in [-0.1, -0.05) is 53.8 Å². The predicted octanol–water partition coefficient (Wildman–Crippen LogP) is 3.39. The average Bonchev–Trinajstić information content (AvgIpc) is 2.85. The summed E-state index contributed by atoms with van der Waals surface area (Å²) >= 11 is 3.32. The molecular formula is C22H27BrO3. The average molecular weight is 419 g/mol. The molecule has 0 aliphatic heterocycles. The maximum absolute atomic E-state index is 11.9. The minimum Gasteiger partial charge on any atom is -0.393 e. The van der Waals surface area contributed by atoms with E-state index in [2.05, 4.69) is 53.8 Å².